The van der Waals surface area contributed by atoms with Crippen LogP contribution in [0.15, 0.2) is 22.7 Å². The molecule has 0 aliphatic carbocycles. The summed E-state index contributed by atoms with van der Waals surface area (Å²) in [4.78, 5) is 23.3. The lowest BCUT2D eigenvalue weighted by Crippen LogP contribution is -2.55. The summed E-state index contributed by atoms with van der Waals surface area (Å²) in [6, 6.07) is 5.06. The average molecular weight is 330 g/mol. The summed E-state index contributed by atoms with van der Waals surface area (Å²) < 4.78 is 5.74. The number of halogens is 1. The SMILES string of the molecule is COCC(C)(NC(=O)c1ccc(Br)c(C)c1)C(=O)O. The fourth-order valence-electron chi connectivity index (χ4n) is 1.55. The maximum Gasteiger partial charge on any atom is 0.331 e. The Morgan fingerprint density at radius 3 is 2.58 bits per heavy atom. The summed E-state index contributed by atoms with van der Waals surface area (Å²) in [6.07, 6.45) is 0. The van der Waals surface area contributed by atoms with Gasteiger partial charge in [0.1, 0.15) is 0 Å². The molecule has 0 bridgehead atoms. The van der Waals surface area contributed by atoms with E-state index in [1.54, 1.807) is 18.2 Å². The molecule has 0 saturated heterocycles. The second-order valence-electron chi connectivity index (χ2n) is 4.49. The maximum absolute atomic E-state index is 12.1. The van der Waals surface area contributed by atoms with Crippen LogP contribution in [0.2, 0.25) is 0 Å². The Labute approximate surface area is 120 Å². The molecule has 0 spiro atoms. The number of nitrogens with one attached hydrogen (secondary N) is 1. The van der Waals surface area contributed by atoms with Gasteiger partial charge in [0.15, 0.2) is 5.54 Å². The van der Waals surface area contributed by atoms with E-state index >= 15 is 0 Å². The number of carboxylic acids is 1. The molecule has 19 heavy (non-hydrogen) atoms. The zero-order valence-corrected chi connectivity index (χ0v) is 12.6. The predicted molar refractivity (Wildman–Crippen MR) is 74.3 cm³/mol. The van der Waals surface area contributed by atoms with Crippen molar-refractivity contribution in [2.24, 2.45) is 0 Å². The van der Waals surface area contributed by atoms with Crippen molar-refractivity contribution in [3.05, 3.63) is 33.8 Å². The quantitative estimate of drug-likeness (QED) is 0.866. The molecular formula is C13H16BrNO4. The number of amides is 1. The number of hydrogen-bond donors (Lipinski definition) is 2. The van der Waals surface area contributed by atoms with Gasteiger partial charge in [-0.3, -0.25) is 4.79 Å². The number of carboxylic acid groups (broad SMARTS) is 1. The van der Waals surface area contributed by atoms with E-state index in [-0.39, 0.29) is 6.61 Å². The molecule has 1 aromatic carbocycles. The monoisotopic (exact) mass is 329 g/mol. The summed E-state index contributed by atoms with van der Waals surface area (Å²) >= 11 is 3.34. The van der Waals surface area contributed by atoms with Crippen molar-refractivity contribution in [3.63, 3.8) is 0 Å². The molecule has 0 fully saturated rings. The van der Waals surface area contributed by atoms with E-state index in [2.05, 4.69) is 21.2 Å². The predicted octanol–water partition coefficient (Wildman–Crippen LogP) is 1.98. The number of ether oxygens (including phenoxy) is 1. The minimum absolute atomic E-state index is 0.108. The first-order valence-electron chi connectivity index (χ1n) is 5.61. The molecule has 0 aliphatic heterocycles. The van der Waals surface area contributed by atoms with E-state index in [9.17, 15) is 9.59 Å². The number of carbonyl (C=O) groups is 2. The number of rotatable bonds is 5. The van der Waals surface area contributed by atoms with Gasteiger partial charge in [0.05, 0.1) is 6.61 Å². The third kappa shape index (κ3) is 3.78. The molecule has 0 aliphatic rings. The zero-order valence-electron chi connectivity index (χ0n) is 11.0. The molecule has 5 nitrogen and oxygen atoms in total. The highest BCUT2D eigenvalue weighted by atomic mass is 79.9. The lowest BCUT2D eigenvalue weighted by atomic mass is 10.0. The van der Waals surface area contributed by atoms with Gasteiger partial charge in [-0.2, -0.15) is 0 Å². The number of aliphatic carboxylic acids is 1. The molecular weight excluding hydrogens is 314 g/mol. The number of aryl methyl sites for hydroxylation is 1. The lowest BCUT2D eigenvalue weighted by Gasteiger charge is -2.25. The van der Waals surface area contributed by atoms with E-state index in [1.807, 2.05) is 6.92 Å². The smallest absolute Gasteiger partial charge is 0.331 e. The van der Waals surface area contributed by atoms with Crippen molar-refractivity contribution in [3.8, 4) is 0 Å². The van der Waals surface area contributed by atoms with Crippen molar-refractivity contribution in [2.45, 2.75) is 19.4 Å². The summed E-state index contributed by atoms with van der Waals surface area (Å²) in [6.45, 7) is 3.15. The fourth-order valence-corrected chi connectivity index (χ4v) is 1.80. The molecule has 0 radical (unpaired) electrons. The second kappa shape index (κ2) is 6.16. The fraction of sp³-hybridized carbons (Fsp3) is 0.385. The Bertz CT molecular complexity index is 503. The molecule has 104 valence electrons. The first-order chi connectivity index (χ1) is 8.80. The molecule has 1 rings (SSSR count). The topological polar surface area (TPSA) is 75.6 Å². The third-order valence-corrected chi connectivity index (χ3v) is 3.60. The second-order valence-corrected chi connectivity index (χ2v) is 5.34. The van der Waals surface area contributed by atoms with Crippen LogP contribution in [-0.2, 0) is 9.53 Å². The van der Waals surface area contributed by atoms with Crippen molar-refractivity contribution in [2.75, 3.05) is 13.7 Å². The van der Waals surface area contributed by atoms with Crippen LogP contribution in [0.4, 0.5) is 0 Å². The zero-order chi connectivity index (χ0) is 14.6. The molecule has 0 heterocycles. The van der Waals surface area contributed by atoms with Crippen LogP contribution in [0, 0.1) is 6.92 Å². The molecule has 1 unspecified atom stereocenters. The van der Waals surface area contributed by atoms with Crippen LogP contribution >= 0.6 is 15.9 Å². The first-order valence-corrected chi connectivity index (χ1v) is 6.40. The van der Waals surface area contributed by atoms with E-state index in [1.165, 1.54) is 14.0 Å². The third-order valence-electron chi connectivity index (χ3n) is 2.71. The minimum Gasteiger partial charge on any atom is -0.479 e. The largest absolute Gasteiger partial charge is 0.479 e. The average Bonchev–Trinajstić information content (AvgIpc) is 2.32. The van der Waals surface area contributed by atoms with Crippen LogP contribution < -0.4 is 5.32 Å². The van der Waals surface area contributed by atoms with Gasteiger partial charge < -0.3 is 15.2 Å². The van der Waals surface area contributed by atoms with Crippen LogP contribution in [0.3, 0.4) is 0 Å². The van der Waals surface area contributed by atoms with Gasteiger partial charge in [-0.1, -0.05) is 15.9 Å². The standard InChI is InChI=1S/C13H16BrNO4/c1-8-6-9(4-5-10(8)14)11(16)15-13(2,7-19-3)12(17)18/h4-6H,7H2,1-3H3,(H,15,16)(H,17,18). The molecule has 6 heteroatoms. The summed E-state index contributed by atoms with van der Waals surface area (Å²) in [5.41, 5.74) is -0.145. The van der Waals surface area contributed by atoms with Crippen molar-refractivity contribution in [1.82, 2.24) is 5.32 Å². The van der Waals surface area contributed by atoms with Gasteiger partial charge in [0, 0.05) is 17.1 Å². The van der Waals surface area contributed by atoms with Crippen LogP contribution in [0.25, 0.3) is 0 Å². The Morgan fingerprint density at radius 2 is 2.11 bits per heavy atom. The van der Waals surface area contributed by atoms with Gasteiger partial charge in [-0.05, 0) is 37.6 Å². The van der Waals surface area contributed by atoms with Crippen molar-refractivity contribution >= 4 is 27.8 Å². The minimum atomic E-state index is -1.45. The summed E-state index contributed by atoms with van der Waals surface area (Å²) in [7, 11) is 1.39. The van der Waals surface area contributed by atoms with Gasteiger partial charge in [0.25, 0.3) is 5.91 Å². The molecule has 1 amide bonds. The molecule has 2 N–H and O–H groups in total. The van der Waals surface area contributed by atoms with Gasteiger partial charge in [-0.25, -0.2) is 4.79 Å². The highest BCUT2D eigenvalue weighted by Crippen LogP contribution is 2.17. The van der Waals surface area contributed by atoms with Gasteiger partial charge in [0.2, 0.25) is 0 Å². The molecule has 0 saturated carbocycles. The van der Waals surface area contributed by atoms with Crippen LogP contribution in [0.5, 0.6) is 0 Å². The molecule has 1 aromatic rings. The maximum atomic E-state index is 12.1. The normalized spacial score (nSPS) is 13.7. The van der Waals surface area contributed by atoms with Gasteiger partial charge >= 0.3 is 5.97 Å². The number of hydrogen-bond acceptors (Lipinski definition) is 3. The highest BCUT2D eigenvalue weighted by Gasteiger charge is 2.35. The molecule has 1 atom stereocenters. The number of benzene rings is 1. The Hall–Kier alpha value is -1.40. The van der Waals surface area contributed by atoms with Crippen LogP contribution in [0.1, 0.15) is 22.8 Å². The van der Waals surface area contributed by atoms with E-state index in [4.69, 9.17) is 9.84 Å². The Balaban J connectivity index is 2.94. The molecule has 0 aromatic heterocycles. The van der Waals surface area contributed by atoms with E-state index in [0.717, 1.165) is 10.0 Å². The first kappa shape index (κ1) is 15.7. The van der Waals surface area contributed by atoms with Gasteiger partial charge in [-0.15, -0.1) is 0 Å². The summed E-state index contributed by atoms with van der Waals surface area (Å²) in [5.74, 6) is -1.59. The van der Waals surface area contributed by atoms with Crippen molar-refractivity contribution in [1.29, 1.82) is 0 Å². The number of methoxy groups -OCH3 is 1. The number of carbonyl (C=O) groups excluding carboxylic acids is 1. The Kier molecular flexibility index (Phi) is 5.08. The van der Waals surface area contributed by atoms with Crippen LogP contribution in [-0.4, -0.2) is 36.2 Å². The van der Waals surface area contributed by atoms with E-state index < -0.39 is 17.4 Å². The Morgan fingerprint density at radius 1 is 1.47 bits per heavy atom. The van der Waals surface area contributed by atoms with Crippen molar-refractivity contribution < 1.29 is 19.4 Å². The highest BCUT2D eigenvalue weighted by molar-refractivity contribution is 9.10. The summed E-state index contributed by atoms with van der Waals surface area (Å²) in [5, 5.41) is 11.6. The lowest BCUT2D eigenvalue weighted by molar-refractivity contribution is -0.145. The van der Waals surface area contributed by atoms with E-state index in [0.29, 0.717) is 5.56 Å².